The van der Waals surface area contributed by atoms with Gasteiger partial charge in [0.25, 0.3) is 0 Å². The van der Waals surface area contributed by atoms with E-state index in [-0.39, 0.29) is 0 Å². The molecule has 0 amide bonds. The van der Waals surface area contributed by atoms with Gasteiger partial charge in [-0.15, -0.1) is 10.2 Å². The molecular formula is C18H20N4OS2. The number of benzene rings is 1. The quantitative estimate of drug-likeness (QED) is 0.598. The van der Waals surface area contributed by atoms with E-state index in [9.17, 15) is 0 Å². The monoisotopic (exact) mass is 372 g/mol. The Balaban J connectivity index is 1.32. The second-order valence-corrected chi connectivity index (χ2v) is 8.33. The van der Waals surface area contributed by atoms with Crippen molar-refractivity contribution in [2.45, 2.75) is 48.2 Å². The number of anilines is 1. The molecule has 130 valence electrons. The van der Waals surface area contributed by atoms with Crippen molar-refractivity contribution in [1.82, 2.24) is 15.2 Å². The third kappa shape index (κ3) is 4.41. The Kier molecular flexibility index (Phi) is 5.32. The summed E-state index contributed by atoms with van der Waals surface area (Å²) in [6.07, 6.45) is 8.23. The summed E-state index contributed by atoms with van der Waals surface area (Å²) in [6.45, 7) is 0. The van der Waals surface area contributed by atoms with Crippen LogP contribution >= 0.6 is 23.1 Å². The van der Waals surface area contributed by atoms with Gasteiger partial charge in [-0.3, -0.25) is 0 Å². The number of aromatic nitrogens is 3. The lowest BCUT2D eigenvalue weighted by Crippen LogP contribution is -2.21. The molecule has 0 radical (unpaired) electrons. The van der Waals surface area contributed by atoms with Crippen molar-refractivity contribution in [2.24, 2.45) is 0 Å². The first kappa shape index (κ1) is 16.6. The molecule has 1 aliphatic carbocycles. The Morgan fingerprint density at radius 1 is 1.12 bits per heavy atom. The van der Waals surface area contributed by atoms with Crippen molar-refractivity contribution in [2.75, 3.05) is 5.32 Å². The van der Waals surface area contributed by atoms with Gasteiger partial charge in [-0.2, -0.15) is 0 Å². The maximum absolute atomic E-state index is 5.83. The molecule has 7 heteroatoms. The maximum atomic E-state index is 5.83. The highest BCUT2D eigenvalue weighted by molar-refractivity contribution is 8.00. The van der Waals surface area contributed by atoms with Crippen molar-refractivity contribution in [3.05, 3.63) is 42.4 Å². The maximum Gasteiger partial charge on any atom is 0.206 e. The van der Waals surface area contributed by atoms with Crippen molar-refractivity contribution in [3.63, 3.8) is 0 Å². The summed E-state index contributed by atoms with van der Waals surface area (Å²) in [6, 6.07) is 10.6. The molecule has 1 aromatic carbocycles. The van der Waals surface area contributed by atoms with Gasteiger partial charge in [-0.25, -0.2) is 4.98 Å². The molecule has 1 aliphatic rings. The standard InChI is InChI=1S/C18H20N4OS2/c1-3-7-13(8-4-1)15-11-19-16(23-15)12-24-18-22-21-17(25-18)20-14-9-5-2-6-10-14/h1,3-4,7-8,11,14H,2,5-6,9-10,12H2,(H,20,21). The van der Waals surface area contributed by atoms with Gasteiger partial charge in [-0.05, 0) is 12.8 Å². The number of hydrogen-bond donors (Lipinski definition) is 1. The molecule has 5 nitrogen and oxygen atoms in total. The number of hydrogen-bond acceptors (Lipinski definition) is 7. The first-order valence-electron chi connectivity index (χ1n) is 8.60. The molecule has 0 spiro atoms. The van der Waals surface area contributed by atoms with Crippen LogP contribution in [0.3, 0.4) is 0 Å². The van der Waals surface area contributed by atoms with Crippen LogP contribution in [0.5, 0.6) is 0 Å². The van der Waals surface area contributed by atoms with E-state index in [1.165, 1.54) is 32.1 Å². The highest BCUT2D eigenvalue weighted by Crippen LogP contribution is 2.31. The molecule has 2 heterocycles. The minimum atomic E-state index is 0.555. The second-order valence-electron chi connectivity index (χ2n) is 6.13. The number of thioether (sulfide) groups is 1. The topological polar surface area (TPSA) is 63.8 Å². The Hall–Kier alpha value is -1.86. The molecular weight excluding hydrogens is 352 g/mol. The van der Waals surface area contributed by atoms with Gasteiger partial charge in [0.05, 0.1) is 11.9 Å². The Morgan fingerprint density at radius 2 is 1.96 bits per heavy atom. The van der Waals surface area contributed by atoms with Gasteiger partial charge in [0.2, 0.25) is 11.0 Å². The van der Waals surface area contributed by atoms with Crippen molar-refractivity contribution < 1.29 is 4.42 Å². The van der Waals surface area contributed by atoms with Crippen LogP contribution in [0.4, 0.5) is 5.13 Å². The first-order chi connectivity index (χ1) is 12.4. The Labute approximate surface area is 155 Å². The third-order valence-electron chi connectivity index (χ3n) is 4.27. The van der Waals surface area contributed by atoms with Gasteiger partial charge in [0, 0.05) is 11.6 Å². The van der Waals surface area contributed by atoms with Gasteiger partial charge in [0.1, 0.15) is 0 Å². The molecule has 0 saturated heterocycles. The van der Waals surface area contributed by atoms with E-state index in [1.807, 2.05) is 30.3 Å². The van der Waals surface area contributed by atoms with E-state index >= 15 is 0 Å². The average Bonchev–Trinajstić information content (AvgIpc) is 3.31. The lowest BCUT2D eigenvalue weighted by Gasteiger charge is -2.21. The van der Waals surface area contributed by atoms with Crippen LogP contribution in [0.25, 0.3) is 11.3 Å². The Morgan fingerprint density at radius 3 is 2.80 bits per heavy atom. The zero-order chi connectivity index (χ0) is 16.9. The molecule has 3 aromatic rings. The van der Waals surface area contributed by atoms with Gasteiger partial charge in [-0.1, -0.05) is 72.7 Å². The predicted molar refractivity (Wildman–Crippen MR) is 102 cm³/mol. The van der Waals surface area contributed by atoms with Crippen LogP contribution in [0.1, 0.15) is 38.0 Å². The SMILES string of the molecule is c1ccc(-c2cnc(CSc3nnc(NC4CCCCC4)s3)o2)cc1. The fourth-order valence-electron chi connectivity index (χ4n) is 2.98. The minimum absolute atomic E-state index is 0.555. The van der Waals surface area contributed by atoms with Crippen molar-refractivity contribution in [3.8, 4) is 11.3 Å². The number of rotatable bonds is 6. The molecule has 4 rings (SSSR count). The average molecular weight is 373 g/mol. The van der Waals surface area contributed by atoms with E-state index in [1.54, 1.807) is 29.3 Å². The van der Waals surface area contributed by atoms with Gasteiger partial charge >= 0.3 is 0 Å². The lowest BCUT2D eigenvalue weighted by molar-refractivity contribution is 0.462. The van der Waals surface area contributed by atoms with Crippen LogP contribution < -0.4 is 5.32 Å². The lowest BCUT2D eigenvalue weighted by atomic mass is 9.96. The predicted octanol–water partition coefficient (Wildman–Crippen LogP) is 5.23. The van der Waals surface area contributed by atoms with Crippen molar-refractivity contribution in [1.29, 1.82) is 0 Å². The molecule has 1 saturated carbocycles. The Bertz CT molecular complexity index is 796. The van der Waals surface area contributed by atoms with E-state index in [0.29, 0.717) is 17.7 Å². The molecule has 2 aromatic heterocycles. The molecule has 0 atom stereocenters. The highest BCUT2D eigenvalue weighted by atomic mass is 32.2. The fraction of sp³-hybridized carbons (Fsp3) is 0.389. The fourth-order valence-corrected chi connectivity index (χ4v) is 4.67. The zero-order valence-electron chi connectivity index (χ0n) is 13.9. The third-order valence-corrected chi connectivity index (χ3v) is 6.24. The summed E-state index contributed by atoms with van der Waals surface area (Å²) in [5, 5.41) is 13.0. The van der Waals surface area contributed by atoms with E-state index in [2.05, 4.69) is 20.5 Å². The summed E-state index contributed by atoms with van der Waals surface area (Å²) < 4.78 is 6.77. The summed E-state index contributed by atoms with van der Waals surface area (Å²) in [5.41, 5.74) is 1.04. The van der Waals surface area contributed by atoms with Crippen LogP contribution in [-0.4, -0.2) is 21.2 Å². The second kappa shape index (κ2) is 8.01. The number of nitrogens with zero attached hydrogens (tertiary/aromatic N) is 3. The highest BCUT2D eigenvalue weighted by Gasteiger charge is 2.15. The molecule has 0 aliphatic heterocycles. The summed E-state index contributed by atoms with van der Waals surface area (Å²) in [7, 11) is 0. The first-order valence-corrected chi connectivity index (χ1v) is 10.4. The van der Waals surface area contributed by atoms with Crippen molar-refractivity contribution >= 4 is 28.2 Å². The van der Waals surface area contributed by atoms with E-state index in [0.717, 1.165) is 20.8 Å². The van der Waals surface area contributed by atoms with Gasteiger partial charge in [0.15, 0.2) is 10.1 Å². The number of nitrogens with one attached hydrogen (secondary N) is 1. The minimum Gasteiger partial charge on any atom is -0.440 e. The van der Waals surface area contributed by atoms with Crippen LogP contribution in [0.15, 0.2) is 45.3 Å². The van der Waals surface area contributed by atoms with E-state index in [4.69, 9.17) is 4.42 Å². The summed E-state index contributed by atoms with van der Waals surface area (Å²) in [4.78, 5) is 4.36. The normalized spacial score (nSPS) is 15.4. The molecule has 1 N–H and O–H groups in total. The molecule has 0 unspecified atom stereocenters. The van der Waals surface area contributed by atoms with Crippen LogP contribution in [0, 0.1) is 0 Å². The smallest absolute Gasteiger partial charge is 0.206 e. The zero-order valence-corrected chi connectivity index (χ0v) is 15.5. The van der Waals surface area contributed by atoms with Crippen LogP contribution in [-0.2, 0) is 5.75 Å². The molecule has 0 bridgehead atoms. The molecule has 1 fully saturated rings. The largest absolute Gasteiger partial charge is 0.440 e. The summed E-state index contributed by atoms with van der Waals surface area (Å²) in [5.74, 6) is 2.17. The summed E-state index contributed by atoms with van der Waals surface area (Å²) >= 11 is 3.22. The molecule has 25 heavy (non-hydrogen) atoms. The van der Waals surface area contributed by atoms with Crippen LogP contribution in [0.2, 0.25) is 0 Å². The van der Waals surface area contributed by atoms with Gasteiger partial charge < -0.3 is 9.73 Å². The van der Waals surface area contributed by atoms with E-state index < -0.39 is 0 Å². The number of oxazole rings is 1.